The van der Waals surface area contributed by atoms with Crippen molar-refractivity contribution in [3.8, 4) is 0 Å². The van der Waals surface area contributed by atoms with E-state index in [0.29, 0.717) is 86.0 Å². The number of methoxy groups -OCH3 is 1. The van der Waals surface area contributed by atoms with Gasteiger partial charge in [0.05, 0.1) is 29.9 Å². The van der Waals surface area contributed by atoms with Gasteiger partial charge in [-0.1, -0.05) is 116 Å². The average molecular weight is 907 g/mol. The van der Waals surface area contributed by atoms with E-state index >= 15 is 0 Å². The number of ketones is 1. The minimum atomic E-state index is -1.27. The maximum Gasteiger partial charge on any atom is 2.00 e. The minimum Gasteiger partial charge on any atom is -0.877 e. The van der Waals surface area contributed by atoms with Crippen LogP contribution >= 0.6 is 0 Å². The van der Waals surface area contributed by atoms with Gasteiger partial charge in [0.25, 0.3) is 0 Å². The first-order valence-corrected chi connectivity index (χ1v) is 24.0. The summed E-state index contributed by atoms with van der Waals surface area (Å²) in [5, 5.41) is 13.5. The van der Waals surface area contributed by atoms with Gasteiger partial charge in [-0.2, -0.15) is 0 Å². The second kappa shape index (κ2) is 23.4. The zero-order valence-corrected chi connectivity index (χ0v) is 42.7. The quantitative estimate of drug-likeness (QED) is 0.0418. The smallest absolute Gasteiger partial charge is 0.877 e. The molecule has 1 aliphatic carbocycles. The van der Waals surface area contributed by atoms with Crippen molar-refractivity contribution in [1.82, 2.24) is 4.98 Å². The largest absolute Gasteiger partial charge is 2.00 e. The van der Waals surface area contributed by atoms with Crippen LogP contribution in [0.25, 0.3) is 11.6 Å². The molecule has 1 aromatic heterocycles. The van der Waals surface area contributed by atoms with Crippen LogP contribution in [-0.2, 0) is 19.1 Å². The van der Waals surface area contributed by atoms with Gasteiger partial charge in [0.15, 0.2) is 5.78 Å². The molecule has 0 aromatic carbocycles. The van der Waals surface area contributed by atoms with Crippen molar-refractivity contribution in [1.29, 1.82) is 0 Å². The fourth-order valence-electron chi connectivity index (χ4n) is 10.0. The Morgan fingerprint density at radius 3 is 2.26 bits per heavy atom. The van der Waals surface area contributed by atoms with Gasteiger partial charge in [-0.15, -0.1) is 17.0 Å². The molecule has 1 aromatic rings. The number of Topliss-reactive ketones (excluding diaryl/α,β-unsaturated/α-hetero) is 1. The molecule has 8 bridgehead atoms. The fraction of sp³-hybridized carbons (Fsp3) is 0.527. The van der Waals surface area contributed by atoms with E-state index in [0.717, 1.165) is 47.7 Å². The Bertz CT molecular complexity index is 2500. The number of aliphatic imine (C=N–C) groups is 3. The van der Waals surface area contributed by atoms with Crippen molar-refractivity contribution >= 4 is 69.6 Å². The number of fused-ring (bicyclic) bond motifs is 5. The first-order chi connectivity index (χ1) is 31.1. The van der Waals surface area contributed by atoms with Crippen LogP contribution in [0.1, 0.15) is 148 Å². The number of rotatable bonds is 20. The van der Waals surface area contributed by atoms with Gasteiger partial charge < -0.3 is 19.6 Å². The van der Waals surface area contributed by atoms with Crippen molar-refractivity contribution < 1.29 is 29.0 Å². The molecule has 66 heavy (non-hydrogen) atoms. The Balaban J connectivity index is 0.00000817. The Morgan fingerprint density at radius 2 is 1.62 bits per heavy atom. The number of hydrogen-bond acceptors (Lipinski definition) is 9. The SMILES string of the molecule is C=CC1=C(C)C2=NC1=CC1=NC(=C(CC)/C1=C\[O-])C=c1[n-]c3c(c1C)C(=O)C(C(=O)OC)C=3C1=NC(=C2)[C@@H](C)[C@@H]1CCC(=O)OC/C=C(\C)CCC[C@H](C)CCC[C@H](C)CCCC(C)C.[Mg+2]. The molecule has 6 rings (SSSR count). The Morgan fingerprint density at radius 1 is 0.939 bits per heavy atom. The average Bonchev–Trinajstić information content (AvgIpc) is 4.02. The summed E-state index contributed by atoms with van der Waals surface area (Å²) in [4.78, 5) is 61.5. The molecule has 5 heterocycles. The summed E-state index contributed by atoms with van der Waals surface area (Å²) in [5.74, 6) is -0.983. The minimum absolute atomic E-state index is 0. The Kier molecular flexibility index (Phi) is 18.6. The van der Waals surface area contributed by atoms with E-state index in [-0.39, 0.29) is 53.9 Å². The van der Waals surface area contributed by atoms with Crippen molar-refractivity contribution in [2.45, 2.75) is 139 Å². The topological polar surface area (TPSA) is 144 Å². The number of ether oxygens (including phenoxy) is 2. The molecule has 0 N–H and O–H groups in total. The van der Waals surface area contributed by atoms with Crippen LogP contribution in [0.5, 0.6) is 0 Å². The van der Waals surface area contributed by atoms with Crippen LogP contribution in [0.2, 0.25) is 0 Å². The standard InChI is InChI=1S/C55H72N4O6.Mg/c1-12-38-35(8)42-27-43-36(9)40(23-24-48(61)65-26-25-34(7)22-16-21-33(6)20-15-19-32(5)18-14-17-31(3)4)52(58-43)50-51(55(63)64-11)54(62)49-37(10)44(59-53(49)50)28-46-39(13-2)41(30-60)47(57-46)29-45(38)56-42;/h12,25,27-33,36,40,51H,1,13-24,26H2,2-11H3,(H2,56,57,58,59,60,62);/q;+2/p-2/b34-25+;/t32-,33-,36+,40+,51?;/m1./s1. The van der Waals surface area contributed by atoms with E-state index in [1.807, 2.05) is 45.9 Å². The van der Waals surface area contributed by atoms with Gasteiger partial charge in [0, 0.05) is 40.8 Å². The van der Waals surface area contributed by atoms with Gasteiger partial charge in [-0.3, -0.25) is 19.4 Å². The second-order valence-corrected chi connectivity index (χ2v) is 19.3. The zero-order chi connectivity index (χ0) is 47.1. The first-order valence-electron chi connectivity index (χ1n) is 24.0. The number of nitrogens with zero attached hydrogens (tertiary/aromatic N) is 4. The summed E-state index contributed by atoms with van der Waals surface area (Å²) in [7, 11) is 1.27. The Labute approximate surface area is 408 Å². The molecule has 4 aliphatic heterocycles. The third kappa shape index (κ3) is 11.6. The van der Waals surface area contributed by atoms with Crippen LogP contribution in [0.4, 0.5) is 0 Å². The molecular weight excluding hydrogens is 837 g/mol. The molecule has 0 saturated carbocycles. The number of hydrogen-bond donors (Lipinski definition) is 0. The molecule has 10 nitrogen and oxygen atoms in total. The number of aromatic nitrogens is 1. The van der Waals surface area contributed by atoms with Gasteiger partial charge in [0.2, 0.25) is 0 Å². The molecule has 1 unspecified atom stereocenters. The maximum atomic E-state index is 14.4. The van der Waals surface area contributed by atoms with E-state index in [4.69, 9.17) is 29.4 Å². The van der Waals surface area contributed by atoms with E-state index in [2.05, 4.69) is 41.2 Å². The summed E-state index contributed by atoms with van der Waals surface area (Å²) in [6.45, 7) is 23.5. The summed E-state index contributed by atoms with van der Waals surface area (Å²) in [6.07, 6.45) is 22.3. The monoisotopic (exact) mass is 907 g/mol. The Hall–Kier alpha value is -4.61. The molecule has 11 heteroatoms. The van der Waals surface area contributed by atoms with Gasteiger partial charge in [0.1, 0.15) is 12.5 Å². The normalized spacial score (nSPS) is 21.6. The summed E-state index contributed by atoms with van der Waals surface area (Å²) in [5.41, 5.74) is 9.02. The van der Waals surface area contributed by atoms with Crippen molar-refractivity contribution in [3.05, 3.63) is 104 Å². The number of carbonyl (C=O) groups excluding carboxylic acids is 3. The molecule has 348 valence electrons. The van der Waals surface area contributed by atoms with Gasteiger partial charge in [-0.25, -0.2) is 9.98 Å². The van der Waals surface area contributed by atoms with E-state index in [9.17, 15) is 19.5 Å². The van der Waals surface area contributed by atoms with E-state index < -0.39 is 17.7 Å². The van der Waals surface area contributed by atoms with Crippen LogP contribution in [0, 0.1) is 42.4 Å². The summed E-state index contributed by atoms with van der Waals surface area (Å²) < 4.78 is 11.0. The third-order valence-corrected chi connectivity index (χ3v) is 14.1. The first kappa shape index (κ1) is 52.4. The molecule has 5 aliphatic rings. The maximum absolute atomic E-state index is 14.4. The fourth-order valence-corrected chi connectivity index (χ4v) is 10.0. The van der Waals surface area contributed by atoms with Crippen molar-refractivity contribution in [2.75, 3.05) is 13.7 Å². The van der Waals surface area contributed by atoms with Crippen LogP contribution in [0.15, 0.2) is 97.1 Å². The molecule has 0 saturated heterocycles. The van der Waals surface area contributed by atoms with Crippen LogP contribution in [0.3, 0.4) is 0 Å². The van der Waals surface area contributed by atoms with E-state index in [1.165, 1.54) is 57.6 Å². The predicted octanol–water partition coefficient (Wildman–Crippen LogP) is 9.01. The van der Waals surface area contributed by atoms with Gasteiger partial charge >= 0.3 is 35.0 Å². The van der Waals surface area contributed by atoms with Crippen molar-refractivity contribution in [3.63, 3.8) is 0 Å². The third-order valence-electron chi connectivity index (χ3n) is 14.1. The molecule has 0 fully saturated rings. The number of esters is 2. The zero-order valence-electron chi connectivity index (χ0n) is 41.3. The molecular formula is C55H70MgN4O6. The molecule has 0 spiro atoms. The van der Waals surface area contributed by atoms with Gasteiger partial charge in [-0.05, 0) is 105 Å². The molecule has 0 radical (unpaired) electrons. The molecule has 5 atom stereocenters. The predicted molar refractivity (Wildman–Crippen MR) is 265 cm³/mol. The van der Waals surface area contributed by atoms with Crippen molar-refractivity contribution in [2.24, 2.45) is 50.5 Å². The second-order valence-electron chi connectivity index (χ2n) is 19.3. The van der Waals surface area contributed by atoms with Crippen LogP contribution < -0.4 is 20.8 Å². The number of allylic oxidation sites excluding steroid dienone is 9. The molecule has 0 amide bonds. The number of carbonyl (C=O) groups is 3. The summed E-state index contributed by atoms with van der Waals surface area (Å²) in [6, 6.07) is 0. The summed E-state index contributed by atoms with van der Waals surface area (Å²) >= 11 is 0. The van der Waals surface area contributed by atoms with E-state index in [1.54, 1.807) is 12.2 Å². The van der Waals surface area contributed by atoms with Crippen LogP contribution in [-0.4, -0.2) is 71.6 Å².